The molecule has 0 aromatic heterocycles. The SMILES string of the molecule is CCC[CH2][Sn+][CH2]CCC.COOC(=O)C(C)CC(=O)[O-]. The van der Waals surface area contributed by atoms with E-state index in [-0.39, 0.29) is 27.6 Å². The maximum Gasteiger partial charge on any atom is 0.345 e. The molecular weight excluding hydrogens is 367 g/mol. The van der Waals surface area contributed by atoms with Crippen LogP contribution in [0.2, 0.25) is 8.87 Å². The number of carbonyl (C=O) groups is 2. The van der Waals surface area contributed by atoms with Crippen molar-refractivity contribution < 1.29 is 24.5 Å². The van der Waals surface area contributed by atoms with Gasteiger partial charge in [0.25, 0.3) is 0 Å². The summed E-state index contributed by atoms with van der Waals surface area (Å²) in [5.74, 6) is -2.73. The molecule has 6 heteroatoms. The molecule has 0 bridgehead atoms. The Morgan fingerprint density at radius 1 is 1.15 bits per heavy atom. The smallest absolute Gasteiger partial charge is 0.345 e. The Kier molecular flexibility index (Phi) is 18.4. The fraction of sp³-hybridized carbons (Fsp3) is 0.857. The molecule has 1 radical (unpaired) electrons. The molecule has 20 heavy (non-hydrogen) atoms. The van der Waals surface area contributed by atoms with Gasteiger partial charge in [0, 0.05) is 12.4 Å². The van der Waals surface area contributed by atoms with Crippen molar-refractivity contribution in [3.05, 3.63) is 0 Å². The first-order chi connectivity index (χ1) is 9.49. The summed E-state index contributed by atoms with van der Waals surface area (Å²) in [7, 11) is 1.17. The van der Waals surface area contributed by atoms with Gasteiger partial charge in [0.1, 0.15) is 0 Å². The minimum absolute atomic E-state index is 0.149. The second-order valence-corrected chi connectivity index (χ2v) is 8.78. The molecule has 117 valence electrons. The summed E-state index contributed by atoms with van der Waals surface area (Å²) in [6, 6.07) is 0. The van der Waals surface area contributed by atoms with E-state index < -0.39 is 17.9 Å². The van der Waals surface area contributed by atoms with Gasteiger partial charge in [-0.25, -0.2) is 4.79 Å². The minimum atomic E-state index is -1.29. The average molecular weight is 394 g/mol. The van der Waals surface area contributed by atoms with Crippen LogP contribution in [0.1, 0.15) is 52.9 Å². The van der Waals surface area contributed by atoms with Crippen LogP contribution in [-0.4, -0.2) is 40.2 Å². The molecule has 0 spiro atoms. The topological polar surface area (TPSA) is 75.7 Å². The molecule has 0 amide bonds. The van der Waals surface area contributed by atoms with Gasteiger partial charge in [-0.1, -0.05) is 6.92 Å². The number of carboxylic acids is 1. The van der Waals surface area contributed by atoms with Gasteiger partial charge in [-0.2, -0.15) is 4.89 Å². The summed E-state index contributed by atoms with van der Waals surface area (Å²) < 4.78 is 3.25. The Balaban J connectivity index is 0. The van der Waals surface area contributed by atoms with E-state index in [1.54, 1.807) is 8.87 Å². The molecule has 0 aliphatic carbocycles. The van der Waals surface area contributed by atoms with Gasteiger partial charge in [0.2, 0.25) is 0 Å². The van der Waals surface area contributed by atoms with Crippen LogP contribution in [0.4, 0.5) is 0 Å². The number of hydrogen-bond donors (Lipinski definition) is 0. The number of carbonyl (C=O) groups excluding carboxylic acids is 2. The fourth-order valence-electron chi connectivity index (χ4n) is 1.23. The van der Waals surface area contributed by atoms with Crippen molar-refractivity contribution in [2.75, 3.05) is 7.11 Å². The summed E-state index contributed by atoms with van der Waals surface area (Å²) in [4.78, 5) is 28.7. The number of rotatable bonds is 10. The fourth-order valence-corrected chi connectivity index (χ4v) is 5.38. The predicted octanol–water partition coefficient (Wildman–Crippen LogP) is 1.99. The first kappa shape index (κ1) is 22.0. The molecule has 5 nitrogen and oxygen atoms in total. The van der Waals surface area contributed by atoms with Gasteiger partial charge in [-0.3, -0.25) is 4.89 Å². The van der Waals surface area contributed by atoms with Crippen LogP contribution in [0.5, 0.6) is 0 Å². The largest absolute Gasteiger partial charge is 0.550 e. The summed E-state index contributed by atoms with van der Waals surface area (Å²) in [6.07, 6.45) is 5.48. The van der Waals surface area contributed by atoms with E-state index >= 15 is 0 Å². The Morgan fingerprint density at radius 3 is 2.00 bits per heavy atom. The van der Waals surface area contributed by atoms with Crippen LogP contribution in [0.3, 0.4) is 0 Å². The zero-order valence-corrected chi connectivity index (χ0v) is 15.9. The first-order valence-corrected chi connectivity index (χ1v) is 11.2. The first-order valence-electron chi connectivity index (χ1n) is 7.14. The van der Waals surface area contributed by atoms with E-state index in [1.807, 2.05) is 0 Å². The van der Waals surface area contributed by atoms with Crippen molar-refractivity contribution in [1.29, 1.82) is 0 Å². The van der Waals surface area contributed by atoms with Gasteiger partial charge in [-0.05, 0) is 0 Å². The van der Waals surface area contributed by atoms with Crippen LogP contribution in [0.15, 0.2) is 0 Å². The predicted molar refractivity (Wildman–Crippen MR) is 77.1 cm³/mol. The van der Waals surface area contributed by atoms with Crippen molar-refractivity contribution in [2.45, 2.75) is 61.7 Å². The van der Waals surface area contributed by atoms with Crippen LogP contribution in [0.25, 0.3) is 0 Å². The van der Waals surface area contributed by atoms with Gasteiger partial charge in [-0.15, -0.1) is 0 Å². The monoisotopic (exact) mass is 395 g/mol. The van der Waals surface area contributed by atoms with Crippen LogP contribution < -0.4 is 5.11 Å². The third-order valence-corrected chi connectivity index (χ3v) is 6.49. The minimum Gasteiger partial charge on any atom is -0.550 e. The molecule has 0 aromatic carbocycles. The third kappa shape index (κ3) is 17.7. The zero-order chi connectivity index (χ0) is 15.8. The summed E-state index contributed by atoms with van der Waals surface area (Å²) in [5, 5.41) is 9.96. The second kappa shape index (κ2) is 16.8. The molecule has 0 saturated carbocycles. The van der Waals surface area contributed by atoms with E-state index in [9.17, 15) is 14.7 Å². The quantitative estimate of drug-likeness (QED) is 0.245. The molecule has 0 aliphatic heterocycles. The van der Waals surface area contributed by atoms with E-state index in [0.717, 1.165) is 0 Å². The number of aliphatic carboxylic acids is 1. The van der Waals surface area contributed by atoms with Crippen molar-refractivity contribution in [2.24, 2.45) is 5.92 Å². The van der Waals surface area contributed by atoms with E-state index in [2.05, 4.69) is 23.6 Å². The number of unbranched alkanes of at least 4 members (excludes halogenated alkanes) is 2. The van der Waals surface area contributed by atoms with E-state index in [0.29, 0.717) is 0 Å². The average Bonchev–Trinajstić information content (AvgIpc) is 2.39. The molecule has 0 aliphatic rings. The van der Waals surface area contributed by atoms with Gasteiger partial charge < -0.3 is 9.90 Å². The number of hydrogen-bond acceptors (Lipinski definition) is 5. The summed E-state index contributed by atoms with van der Waals surface area (Å²) >= 11 is 0.149. The van der Waals surface area contributed by atoms with Crippen LogP contribution >= 0.6 is 0 Å². The Labute approximate surface area is 132 Å². The van der Waals surface area contributed by atoms with Crippen LogP contribution in [0, 0.1) is 5.92 Å². The Morgan fingerprint density at radius 2 is 1.65 bits per heavy atom. The van der Waals surface area contributed by atoms with Crippen molar-refractivity contribution in [3.63, 3.8) is 0 Å². The summed E-state index contributed by atoms with van der Waals surface area (Å²) in [5.41, 5.74) is 0. The van der Waals surface area contributed by atoms with Gasteiger partial charge >= 0.3 is 75.5 Å². The van der Waals surface area contributed by atoms with Crippen molar-refractivity contribution in [3.8, 4) is 0 Å². The Bertz CT molecular complexity index is 240. The molecule has 0 heterocycles. The maximum atomic E-state index is 10.6. The normalized spacial score (nSPS) is 11.0. The molecule has 0 saturated heterocycles. The molecule has 1 atom stereocenters. The molecule has 0 rings (SSSR count). The van der Waals surface area contributed by atoms with Gasteiger partial charge in [0.05, 0.1) is 13.0 Å². The standard InChI is InChI=1S/C6H10O5.2C4H9.Sn/c1-4(3-5(7)8)6(9)11-10-2;2*1-3-4-2;/h4H,3H2,1-2H3,(H,7,8);2*1,3-4H2,2H3;/q;;;+1/p-1. The molecule has 1 unspecified atom stereocenters. The maximum absolute atomic E-state index is 10.6. The zero-order valence-electron chi connectivity index (χ0n) is 13.1. The molecule has 0 aromatic rings. The number of carboxylic acid groups (broad SMARTS) is 1. The second-order valence-electron chi connectivity index (χ2n) is 4.50. The van der Waals surface area contributed by atoms with Crippen LogP contribution in [-0.2, 0) is 19.4 Å². The molecular formula is C14H27O5Sn. The van der Waals surface area contributed by atoms with Crippen molar-refractivity contribution in [1.82, 2.24) is 0 Å². The van der Waals surface area contributed by atoms with Crippen molar-refractivity contribution >= 4 is 33.1 Å². The third-order valence-electron chi connectivity index (χ3n) is 2.45. The summed E-state index contributed by atoms with van der Waals surface area (Å²) in [6.45, 7) is 6.00. The molecule has 0 fully saturated rings. The van der Waals surface area contributed by atoms with E-state index in [4.69, 9.17) is 0 Å². The van der Waals surface area contributed by atoms with E-state index in [1.165, 1.54) is 39.7 Å². The molecule has 0 N–H and O–H groups in total. The Hall–Kier alpha value is -0.301. The van der Waals surface area contributed by atoms with Gasteiger partial charge in [0.15, 0.2) is 0 Å².